The lowest BCUT2D eigenvalue weighted by molar-refractivity contribution is 0.436. The third-order valence-corrected chi connectivity index (χ3v) is 5.06. The van der Waals surface area contributed by atoms with Crippen molar-refractivity contribution in [3.63, 3.8) is 0 Å². The molecular formula is C14H13F2NO3S. The Kier molecular flexibility index (Phi) is 3.54. The van der Waals surface area contributed by atoms with Crippen LogP contribution >= 0.6 is 0 Å². The second-order valence-corrected chi connectivity index (χ2v) is 6.57. The van der Waals surface area contributed by atoms with Crippen LogP contribution in [0.4, 0.5) is 8.78 Å². The first-order valence-corrected chi connectivity index (χ1v) is 8.00. The van der Waals surface area contributed by atoms with E-state index in [4.69, 9.17) is 4.42 Å². The number of hydrogen-bond acceptors (Lipinski definition) is 3. The van der Waals surface area contributed by atoms with Crippen molar-refractivity contribution in [2.75, 3.05) is 0 Å². The maximum absolute atomic E-state index is 13.7. The van der Waals surface area contributed by atoms with Crippen molar-refractivity contribution in [3.05, 3.63) is 53.5 Å². The summed E-state index contributed by atoms with van der Waals surface area (Å²) in [6.07, 6.45) is 3.52. The molecule has 112 valence electrons. The van der Waals surface area contributed by atoms with Gasteiger partial charge in [0.2, 0.25) is 10.0 Å². The second kappa shape index (κ2) is 5.23. The number of nitrogens with one attached hydrogen (secondary N) is 1. The van der Waals surface area contributed by atoms with Gasteiger partial charge in [-0.2, -0.15) is 0 Å². The number of rotatable bonds is 3. The summed E-state index contributed by atoms with van der Waals surface area (Å²) in [5, 5.41) is 0. The van der Waals surface area contributed by atoms with Crippen LogP contribution in [0.3, 0.4) is 0 Å². The Labute approximate surface area is 120 Å². The molecule has 2 aromatic rings. The van der Waals surface area contributed by atoms with E-state index in [0.29, 0.717) is 12.2 Å². The number of hydrogen-bond donors (Lipinski definition) is 1. The van der Waals surface area contributed by atoms with E-state index in [-0.39, 0.29) is 0 Å². The van der Waals surface area contributed by atoms with Crippen LogP contribution in [0.5, 0.6) is 0 Å². The van der Waals surface area contributed by atoms with Crippen LogP contribution in [0.15, 0.2) is 39.8 Å². The van der Waals surface area contributed by atoms with E-state index in [0.717, 1.165) is 36.6 Å². The lowest BCUT2D eigenvalue weighted by Crippen LogP contribution is -2.31. The summed E-state index contributed by atoms with van der Waals surface area (Å²) < 4.78 is 59.5. The molecule has 0 radical (unpaired) electrons. The highest BCUT2D eigenvalue weighted by molar-refractivity contribution is 7.89. The summed E-state index contributed by atoms with van der Waals surface area (Å²) in [4.78, 5) is -0.944. The highest BCUT2D eigenvalue weighted by atomic mass is 32.2. The Bertz CT molecular complexity index is 750. The van der Waals surface area contributed by atoms with Crippen LogP contribution in [0.1, 0.15) is 30.2 Å². The summed E-state index contributed by atoms with van der Waals surface area (Å²) >= 11 is 0. The Morgan fingerprint density at radius 1 is 1.19 bits per heavy atom. The summed E-state index contributed by atoms with van der Waals surface area (Å²) in [5.74, 6) is -1.50. The second-order valence-electron chi connectivity index (χ2n) is 4.92. The van der Waals surface area contributed by atoms with E-state index in [1.54, 1.807) is 6.07 Å². The topological polar surface area (TPSA) is 59.3 Å². The normalized spacial score (nSPS) is 18.5. The lowest BCUT2D eigenvalue weighted by Gasteiger charge is -2.22. The molecule has 1 heterocycles. The van der Waals surface area contributed by atoms with Gasteiger partial charge in [-0.25, -0.2) is 21.9 Å². The summed E-state index contributed by atoms with van der Waals surface area (Å²) in [6.45, 7) is 0. The molecule has 1 atom stereocenters. The van der Waals surface area contributed by atoms with Crippen LogP contribution in [0, 0.1) is 11.6 Å². The average molecular weight is 313 g/mol. The largest absolute Gasteiger partial charge is 0.469 e. The van der Waals surface area contributed by atoms with Crippen molar-refractivity contribution in [3.8, 4) is 0 Å². The minimum atomic E-state index is -4.28. The van der Waals surface area contributed by atoms with Crippen molar-refractivity contribution in [2.24, 2.45) is 0 Å². The van der Waals surface area contributed by atoms with Gasteiger partial charge in [0, 0.05) is 12.0 Å². The number of fused-ring (bicyclic) bond motifs is 1. The number of furan rings is 1. The van der Waals surface area contributed by atoms with Gasteiger partial charge in [-0.15, -0.1) is 0 Å². The van der Waals surface area contributed by atoms with Crippen LogP contribution in [-0.4, -0.2) is 8.42 Å². The highest BCUT2D eigenvalue weighted by Gasteiger charge is 2.30. The van der Waals surface area contributed by atoms with E-state index >= 15 is 0 Å². The molecule has 1 unspecified atom stereocenters. The van der Waals surface area contributed by atoms with Crippen LogP contribution < -0.4 is 4.72 Å². The van der Waals surface area contributed by atoms with Gasteiger partial charge >= 0.3 is 0 Å². The minimum Gasteiger partial charge on any atom is -0.469 e. The lowest BCUT2D eigenvalue weighted by atomic mass is 9.94. The molecule has 3 rings (SSSR count). The zero-order valence-electron chi connectivity index (χ0n) is 11.0. The third kappa shape index (κ3) is 2.58. The van der Waals surface area contributed by atoms with Gasteiger partial charge in [0.25, 0.3) is 0 Å². The molecule has 0 spiro atoms. The Hall–Kier alpha value is -1.73. The molecule has 1 aliphatic rings. The fraction of sp³-hybridized carbons (Fsp3) is 0.286. The predicted molar refractivity (Wildman–Crippen MR) is 71.1 cm³/mol. The van der Waals surface area contributed by atoms with Crippen LogP contribution in [-0.2, 0) is 16.4 Å². The monoisotopic (exact) mass is 313 g/mol. The van der Waals surface area contributed by atoms with E-state index in [1.165, 1.54) is 6.26 Å². The molecule has 4 nitrogen and oxygen atoms in total. The summed E-state index contributed by atoms with van der Waals surface area (Å²) in [6, 6.07) is 4.11. The molecule has 0 fully saturated rings. The van der Waals surface area contributed by atoms with Crippen molar-refractivity contribution in [1.29, 1.82) is 0 Å². The highest BCUT2D eigenvalue weighted by Crippen LogP contribution is 2.32. The van der Waals surface area contributed by atoms with Gasteiger partial charge in [0.15, 0.2) is 4.90 Å². The Morgan fingerprint density at radius 3 is 2.62 bits per heavy atom. The summed E-state index contributed by atoms with van der Waals surface area (Å²) in [7, 11) is -4.28. The molecular weight excluding hydrogens is 300 g/mol. The smallest absolute Gasteiger partial charge is 0.246 e. The van der Waals surface area contributed by atoms with Gasteiger partial charge in [0.1, 0.15) is 17.4 Å². The predicted octanol–water partition coefficient (Wildman–Crippen LogP) is 2.91. The first-order valence-electron chi connectivity index (χ1n) is 6.51. The average Bonchev–Trinajstić information content (AvgIpc) is 2.87. The molecule has 7 heteroatoms. The SMILES string of the molecule is O=S(=O)(NC1CCCc2occc21)c1c(F)cccc1F. The fourth-order valence-electron chi connectivity index (χ4n) is 2.59. The maximum atomic E-state index is 13.7. The van der Waals surface area contributed by atoms with Crippen molar-refractivity contribution in [2.45, 2.75) is 30.2 Å². The number of aryl methyl sites for hydroxylation is 1. The quantitative estimate of drug-likeness (QED) is 0.948. The first kappa shape index (κ1) is 14.2. The standard InChI is InChI=1S/C14H13F2NO3S/c15-10-3-1-4-11(16)14(10)21(18,19)17-12-5-2-6-13-9(12)7-8-20-13/h1,3-4,7-8,12,17H,2,5-6H2. The molecule has 1 aliphatic carbocycles. The van der Waals surface area contributed by atoms with Gasteiger partial charge in [-0.05, 0) is 31.0 Å². The molecule has 0 bridgehead atoms. The van der Waals surface area contributed by atoms with Gasteiger partial charge in [-0.1, -0.05) is 6.07 Å². The van der Waals surface area contributed by atoms with Crippen molar-refractivity contribution >= 4 is 10.0 Å². The summed E-state index contributed by atoms with van der Waals surface area (Å²) in [5.41, 5.74) is 0.724. The molecule has 1 N–H and O–H groups in total. The Morgan fingerprint density at radius 2 is 1.90 bits per heavy atom. The zero-order chi connectivity index (χ0) is 15.0. The van der Waals surface area contributed by atoms with Crippen LogP contribution in [0.25, 0.3) is 0 Å². The Balaban J connectivity index is 1.95. The molecule has 0 saturated carbocycles. The van der Waals surface area contributed by atoms with E-state index < -0.39 is 32.6 Å². The first-order chi connectivity index (χ1) is 9.99. The zero-order valence-corrected chi connectivity index (χ0v) is 11.8. The number of sulfonamides is 1. The maximum Gasteiger partial charge on any atom is 0.246 e. The van der Waals surface area contributed by atoms with Gasteiger partial charge in [0.05, 0.1) is 12.3 Å². The van der Waals surface area contributed by atoms with Gasteiger partial charge in [-0.3, -0.25) is 0 Å². The van der Waals surface area contributed by atoms with Crippen LogP contribution in [0.2, 0.25) is 0 Å². The van der Waals surface area contributed by atoms with Crippen molar-refractivity contribution in [1.82, 2.24) is 4.72 Å². The molecule has 0 saturated heterocycles. The molecule has 0 aliphatic heterocycles. The molecule has 1 aromatic carbocycles. The fourth-order valence-corrected chi connectivity index (χ4v) is 3.98. The number of halogens is 2. The molecule has 1 aromatic heterocycles. The molecule has 21 heavy (non-hydrogen) atoms. The third-order valence-electron chi connectivity index (χ3n) is 3.54. The van der Waals surface area contributed by atoms with E-state index in [9.17, 15) is 17.2 Å². The van der Waals surface area contributed by atoms with Gasteiger partial charge < -0.3 is 4.42 Å². The van der Waals surface area contributed by atoms with E-state index in [2.05, 4.69) is 4.72 Å². The number of benzene rings is 1. The van der Waals surface area contributed by atoms with Crippen molar-refractivity contribution < 1.29 is 21.6 Å². The molecule has 0 amide bonds. The van der Waals surface area contributed by atoms with E-state index in [1.807, 2.05) is 0 Å². The minimum absolute atomic E-state index is 0.531.